The van der Waals surface area contributed by atoms with E-state index in [-0.39, 0.29) is 18.6 Å². The number of nitrogens with zero attached hydrogens (tertiary/aromatic N) is 1. The van der Waals surface area contributed by atoms with Crippen molar-refractivity contribution in [2.24, 2.45) is 0 Å². The Balaban J connectivity index is 1.49. The van der Waals surface area contributed by atoms with Gasteiger partial charge in [0.15, 0.2) is 6.61 Å². The Morgan fingerprint density at radius 3 is 2.31 bits per heavy atom. The first kappa shape index (κ1) is 21.6. The topological polar surface area (TPSA) is 75.7 Å². The monoisotopic (exact) mass is 436 g/mol. The van der Waals surface area contributed by atoms with Gasteiger partial charge in [-0.3, -0.25) is 4.79 Å². The Labute approximate surface area is 176 Å². The van der Waals surface area contributed by atoms with Crippen molar-refractivity contribution in [2.75, 3.05) is 19.7 Å². The largest absolute Gasteiger partial charge is 0.484 e. The molecule has 0 spiro atoms. The second-order valence-corrected chi connectivity index (χ2v) is 9.53. The standard InChI is InChI=1S/C21H25ClN2O4S/c1-15-12-18(13-16(2)21(15)22)28-14-20(25)23-17-8-10-24(11-9-17)29(26,27)19-6-4-3-5-7-19/h3-7,12-13,17H,8-11,14H2,1-2H3,(H,23,25). The highest BCUT2D eigenvalue weighted by Gasteiger charge is 2.29. The van der Waals surface area contributed by atoms with E-state index >= 15 is 0 Å². The lowest BCUT2D eigenvalue weighted by Gasteiger charge is -2.31. The number of nitrogens with one attached hydrogen (secondary N) is 1. The summed E-state index contributed by atoms with van der Waals surface area (Å²) in [7, 11) is -3.49. The number of hydrogen-bond donors (Lipinski definition) is 1. The number of piperidine rings is 1. The molecule has 0 aromatic heterocycles. The molecule has 3 rings (SSSR count). The van der Waals surface area contributed by atoms with Crippen LogP contribution in [0.15, 0.2) is 47.4 Å². The number of rotatable bonds is 6. The molecule has 29 heavy (non-hydrogen) atoms. The predicted octanol–water partition coefficient (Wildman–Crippen LogP) is 3.31. The molecule has 0 unspecified atom stereocenters. The Hall–Kier alpha value is -2.09. The zero-order valence-electron chi connectivity index (χ0n) is 16.5. The molecule has 1 amide bonds. The van der Waals surface area contributed by atoms with Crippen LogP contribution in [0.1, 0.15) is 24.0 Å². The number of benzene rings is 2. The average molecular weight is 437 g/mol. The zero-order valence-corrected chi connectivity index (χ0v) is 18.1. The minimum absolute atomic E-state index is 0.0676. The number of carbonyl (C=O) groups is 1. The Kier molecular flexibility index (Phi) is 6.82. The van der Waals surface area contributed by atoms with Crippen molar-refractivity contribution in [3.63, 3.8) is 0 Å². The molecule has 1 N–H and O–H groups in total. The summed E-state index contributed by atoms with van der Waals surface area (Å²) in [6.07, 6.45) is 1.13. The van der Waals surface area contributed by atoms with Crippen molar-refractivity contribution >= 4 is 27.5 Å². The van der Waals surface area contributed by atoms with Gasteiger partial charge in [-0.2, -0.15) is 4.31 Å². The van der Waals surface area contributed by atoms with Crippen molar-refractivity contribution in [1.29, 1.82) is 0 Å². The molecular weight excluding hydrogens is 412 g/mol. The van der Waals surface area contributed by atoms with Gasteiger partial charge < -0.3 is 10.1 Å². The first-order chi connectivity index (χ1) is 13.8. The number of halogens is 1. The van der Waals surface area contributed by atoms with Gasteiger partial charge in [-0.1, -0.05) is 29.8 Å². The number of hydrogen-bond acceptors (Lipinski definition) is 4. The molecule has 1 fully saturated rings. The van der Waals surface area contributed by atoms with Crippen LogP contribution in [0.25, 0.3) is 0 Å². The zero-order chi connectivity index (χ0) is 21.0. The normalized spacial score (nSPS) is 15.8. The fourth-order valence-electron chi connectivity index (χ4n) is 3.39. The van der Waals surface area contributed by atoms with Gasteiger partial charge in [0.05, 0.1) is 4.90 Å². The molecule has 6 nitrogen and oxygen atoms in total. The van der Waals surface area contributed by atoms with Gasteiger partial charge in [0, 0.05) is 24.2 Å². The van der Waals surface area contributed by atoms with Gasteiger partial charge >= 0.3 is 0 Å². The lowest BCUT2D eigenvalue weighted by molar-refractivity contribution is -0.124. The maximum absolute atomic E-state index is 12.7. The summed E-state index contributed by atoms with van der Waals surface area (Å²) < 4.78 is 32.4. The van der Waals surface area contributed by atoms with E-state index < -0.39 is 10.0 Å². The number of aryl methyl sites for hydroxylation is 2. The van der Waals surface area contributed by atoms with Crippen LogP contribution in [0.3, 0.4) is 0 Å². The molecule has 2 aromatic carbocycles. The van der Waals surface area contributed by atoms with Crippen LogP contribution in [-0.4, -0.2) is 44.4 Å². The molecule has 0 saturated carbocycles. The van der Waals surface area contributed by atoms with Gasteiger partial charge in [0.2, 0.25) is 10.0 Å². The summed E-state index contributed by atoms with van der Waals surface area (Å²) in [6, 6.07) is 11.9. The molecule has 1 heterocycles. The predicted molar refractivity (Wildman–Crippen MR) is 113 cm³/mol. The van der Waals surface area contributed by atoms with Gasteiger partial charge in [0.25, 0.3) is 5.91 Å². The van der Waals surface area contributed by atoms with E-state index in [0.29, 0.717) is 41.6 Å². The summed E-state index contributed by atoms with van der Waals surface area (Å²) in [4.78, 5) is 12.5. The third-order valence-electron chi connectivity index (χ3n) is 4.98. The minimum atomic E-state index is -3.49. The van der Waals surface area contributed by atoms with E-state index in [2.05, 4.69) is 5.32 Å². The SMILES string of the molecule is Cc1cc(OCC(=O)NC2CCN(S(=O)(=O)c3ccccc3)CC2)cc(C)c1Cl. The lowest BCUT2D eigenvalue weighted by atomic mass is 10.1. The molecular formula is C21H25ClN2O4S. The molecule has 0 bridgehead atoms. The highest BCUT2D eigenvalue weighted by molar-refractivity contribution is 7.89. The summed E-state index contributed by atoms with van der Waals surface area (Å²) >= 11 is 6.14. The third-order valence-corrected chi connectivity index (χ3v) is 7.49. The van der Waals surface area contributed by atoms with Crippen molar-refractivity contribution in [3.8, 4) is 5.75 Å². The Morgan fingerprint density at radius 1 is 1.14 bits per heavy atom. The molecule has 0 atom stereocenters. The van der Waals surface area contributed by atoms with Crippen LogP contribution in [0.2, 0.25) is 5.02 Å². The van der Waals surface area contributed by atoms with Crippen molar-refractivity contribution in [2.45, 2.75) is 37.6 Å². The van der Waals surface area contributed by atoms with Crippen molar-refractivity contribution in [1.82, 2.24) is 9.62 Å². The quantitative estimate of drug-likeness (QED) is 0.753. The fourth-order valence-corrected chi connectivity index (χ4v) is 4.99. The molecule has 0 aliphatic carbocycles. The molecule has 8 heteroatoms. The summed E-state index contributed by atoms with van der Waals surface area (Å²) in [5.74, 6) is 0.378. The van der Waals surface area contributed by atoms with Crippen molar-refractivity contribution in [3.05, 3.63) is 58.6 Å². The highest BCUT2D eigenvalue weighted by atomic mass is 35.5. The van der Waals surface area contributed by atoms with Crippen LogP contribution in [0.5, 0.6) is 5.75 Å². The van der Waals surface area contributed by atoms with Crippen molar-refractivity contribution < 1.29 is 17.9 Å². The van der Waals surface area contributed by atoms with E-state index in [1.807, 2.05) is 13.8 Å². The van der Waals surface area contributed by atoms with Crippen LogP contribution < -0.4 is 10.1 Å². The molecule has 0 radical (unpaired) electrons. The molecule has 1 saturated heterocycles. The third kappa shape index (κ3) is 5.29. The molecule has 1 aliphatic heterocycles. The molecule has 156 valence electrons. The number of sulfonamides is 1. The smallest absolute Gasteiger partial charge is 0.258 e. The fraction of sp³-hybridized carbons (Fsp3) is 0.381. The summed E-state index contributed by atoms with van der Waals surface area (Å²) in [5.41, 5.74) is 1.79. The van der Waals surface area contributed by atoms with Gasteiger partial charge in [-0.05, 0) is 62.1 Å². The first-order valence-corrected chi connectivity index (χ1v) is 11.3. The number of ether oxygens (including phenoxy) is 1. The lowest BCUT2D eigenvalue weighted by Crippen LogP contribution is -2.47. The van der Waals surface area contributed by atoms with Gasteiger partial charge in [-0.15, -0.1) is 0 Å². The summed E-state index contributed by atoms with van der Waals surface area (Å²) in [5, 5.41) is 3.62. The van der Waals surface area contributed by atoms with E-state index in [1.165, 1.54) is 4.31 Å². The van der Waals surface area contributed by atoms with E-state index in [0.717, 1.165) is 11.1 Å². The minimum Gasteiger partial charge on any atom is -0.484 e. The maximum Gasteiger partial charge on any atom is 0.258 e. The number of amides is 1. The van der Waals surface area contributed by atoms with Crippen LogP contribution in [-0.2, 0) is 14.8 Å². The second-order valence-electron chi connectivity index (χ2n) is 7.22. The maximum atomic E-state index is 12.7. The Bertz CT molecular complexity index is 948. The molecule has 2 aromatic rings. The first-order valence-electron chi connectivity index (χ1n) is 9.51. The van der Waals surface area contributed by atoms with Crippen LogP contribution >= 0.6 is 11.6 Å². The van der Waals surface area contributed by atoms with Crippen LogP contribution in [0, 0.1) is 13.8 Å². The second kappa shape index (κ2) is 9.15. The number of carbonyl (C=O) groups excluding carboxylic acids is 1. The Morgan fingerprint density at radius 2 is 1.72 bits per heavy atom. The van der Waals surface area contributed by atoms with Crippen LogP contribution in [0.4, 0.5) is 0 Å². The van der Waals surface area contributed by atoms with E-state index in [4.69, 9.17) is 16.3 Å². The summed E-state index contributed by atoms with van der Waals surface area (Å²) in [6.45, 7) is 4.43. The van der Waals surface area contributed by atoms with Gasteiger partial charge in [-0.25, -0.2) is 8.42 Å². The highest BCUT2D eigenvalue weighted by Crippen LogP contribution is 2.26. The van der Waals surface area contributed by atoms with E-state index in [1.54, 1.807) is 42.5 Å². The van der Waals surface area contributed by atoms with Gasteiger partial charge in [0.1, 0.15) is 5.75 Å². The molecule has 1 aliphatic rings. The van der Waals surface area contributed by atoms with E-state index in [9.17, 15) is 13.2 Å². The average Bonchev–Trinajstić information content (AvgIpc) is 2.71.